The van der Waals surface area contributed by atoms with Crippen LogP contribution in [0.2, 0.25) is 5.02 Å². The van der Waals surface area contributed by atoms with Crippen molar-refractivity contribution in [2.24, 2.45) is 0 Å². The molecule has 2 aromatic rings. The number of carbonyl (C=O) groups excluding carboxylic acids is 2. The fourth-order valence-corrected chi connectivity index (χ4v) is 2.38. The van der Waals surface area contributed by atoms with Crippen molar-refractivity contribution in [2.75, 3.05) is 7.05 Å². The number of amides is 2. The molecule has 0 fully saturated rings. The van der Waals surface area contributed by atoms with Crippen molar-refractivity contribution >= 4 is 29.5 Å². The molecule has 0 radical (unpaired) electrons. The van der Waals surface area contributed by atoms with Gasteiger partial charge in [0.15, 0.2) is 0 Å². The number of halogens is 1. The van der Waals surface area contributed by atoms with E-state index in [0.29, 0.717) is 10.6 Å². The highest BCUT2D eigenvalue weighted by atomic mass is 35.5. The number of nitrogens with one attached hydrogen (secondary N) is 2. The Morgan fingerprint density at radius 2 is 1.83 bits per heavy atom. The quantitative estimate of drug-likeness (QED) is 0.816. The summed E-state index contributed by atoms with van der Waals surface area (Å²) in [5, 5.41) is 6.08. The Kier molecular flexibility index (Phi) is 6.15. The largest absolute Gasteiger partial charge is 0.355 e. The molecule has 4 nitrogen and oxygen atoms in total. The summed E-state index contributed by atoms with van der Waals surface area (Å²) in [7, 11) is 1.58. The minimum absolute atomic E-state index is 0.140. The second-order valence-corrected chi connectivity index (χ2v) is 5.76. The Hall–Kier alpha value is -2.59. The van der Waals surface area contributed by atoms with E-state index in [0.717, 1.165) is 11.1 Å². The molecule has 2 N–H and O–H groups in total. The first-order valence-electron chi connectivity index (χ1n) is 7.56. The summed E-state index contributed by atoms with van der Waals surface area (Å²) < 4.78 is 0. The van der Waals surface area contributed by atoms with Crippen LogP contribution < -0.4 is 10.6 Å². The molecular weight excluding hydrogens is 324 g/mol. The summed E-state index contributed by atoms with van der Waals surface area (Å²) in [6, 6.07) is 14.2. The summed E-state index contributed by atoms with van der Waals surface area (Å²) >= 11 is 5.96. The first-order valence-corrected chi connectivity index (χ1v) is 7.93. The van der Waals surface area contributed by atoms with Gasteiger partial charge in [0.2, 0.25) is 5.91 Å². The van der Waals surface area contributed by atoms with Crippen LogP contribution in [0.4, 0.5) is 0 Å². The first kappa shape index (κ1) is 17.8. The molecule has 0 aliphatic rings. The fourth-order valence-electron chi connectivity index (χ4n) is 2.18. The third-order valence-corrected chi connectivity index (χ3v) is 3.77. The van der Waals surface area contributed by atoms with Crippen LogP contribution in [0.15, 0.2) is 54.6 Å². The monoisotopic (exact) mass is 342 g/mol. The van der Waals surface area contributed by atoms with Crippen LogP contribution in [-0.4, -0.2) is 18.9 Å². The van der Waals surface area contributed by atoms with E-state index in [-0.39, 0.29) is 17.9 Å². The lowest BCUT2D eigenvalue weighted by Crippen LogP contribution is -2.24. The molecule has 1 atom stereocenters. The van der Waals surface area contributed by atoms with Gasteiger partial charge in [-0.25, -0.2) is 0 Å². The highest BCUT2D eigenvalue weighted by molar-refractivity contribution is 6.30. The van der Waals surface area contributed by atoms with Gasteiger partial charge in [-0.1, -0.05) is 35.9 Å². The smallest absolute Gasteiger partial charge is 0.251 e. The van der Waals surface area contributed by atoms with Gasteiger partial charge in [0, 0.05) is 23.7 Å². The van der Waals surface area contributed by atoms with Gasteiger partial charge < -0.3 is 10.6 Å². The topological polar surface area (TPSA) is 58.2 Å². The van der Waals surface area contributed by atoms with Crippen molar-refractivity contribution in [2.45, 2.75) is 13.0 Å². The summed E-state index contributed by atoms with van der Waals surface area (Å²) in [5.74, 6) is -0.337. The van der Waals surface area contributed by atoms with Gasteiger partial charge in [-0.15, -0.1) is 0 Å². The Morgan fingerprint density at radius 3 is 2.46 bits per heavy atom. The molecular formula is C19H19ClN2O2. The second kappa shape index (κ2) is 8.31. The molecule has 0 heterocycles. The van der Waals surface area contributed by atoms with Crippen LogP contribution >= 0.6 is 11.6 Å². The normalized spacial score (nSPS) is 12.0. The van der Waals surface area contributed by atoms with Crippen molar-refractivity contribution in [1.82, 2.24) is 10.6 Å². The van der Waals surface area contributed by atoms with Gasteiger partial charge in [0.25, 0.3) is 5.91 Å². The van der Waals surface area contributed by atoms with Crippen LogP contribution in [0.25, 0.3) is 6.08 Å². The Labute approximate surface area is 146 Å². The molecule has 0 bridgehead atoms. The molecule has 0 aliphatic heterocycles. The minimum Gasteiger partial charge on any atom is -0.355 e. The predicted molar refractivity (Wildman–Crippen MR) is 96.9 cm³/mol. The highest BCUT2D eigenvalue weighted by Crippen LogP contribution is 2.17. The molecule has 0 saturated carbocycles. The summed E-state index contributed by atoms with van der Waals surface area (Å²) in [5.41, 5.74) is 2.36. The third kappa shape index (κ3) is 4.96. The third-order valence-electron chi connectivity index (χ3n) is 3.53. The van der Waals surface area contributed by atoms with E-state index in [1.807, 2.05) is 25.1 Å². The maximum Gasteiger partial charge on any atom is 0.251 e. The Morgan fingerprint density at radius 1 is 1.12 bits per heavy atom. The van der Waals surface area contributed by atoms with Crippen molar-refractivity contribution in [3.05, 3.63) is 76.3 Å². The molecule has 1 unspecified atom stereocenters. The van der Waals surface area contributed by atoms with Crippen molar-refractivity contribution in [3.8, 4) is 0 Å². The van der Waals surface area contributed by atoms with E-state index in [4.69, 9.17) is 11.6 Å². The van der Waals surface area contributed by atoms with Gasteiger partial charge in [0.05, 0.1) is 6.04 Å². The molecule has 124 valence electrons. The average molecular weight is 343 g/mol. The van der Waals surface area contributed by atoms with E-state index in [1.54, 1.807) is 43.5 Å². The average Bonchev–Trinajstić information content (AvgIpc) is 2.59. The molecule has 0 saturated heterocycles. The van der Waals surface area contributed by atoms with E-state index in [9.17, 15) is 9.59 Å². The van der Waals surface area contributed by atoms with Crippen LogP contribution in [0.1, 0.15) is 34.5 Å². The maximum atomic E-state index is 12.0. The van der Waals surface area contributed by atoms with Crippen LogP contribution in [0.3, 0.4) is 0 Å². The van der Waals surface area contributed by atoms with Crippen molar-refractivity contribution < 1.29 is 9.59 Å². The molecule has 2 aromatic carbocycles. The SMILES string of the molecule is CNC(=O)c1ccc(/C=C/C(=O)NC(C)c2cccc(Cl)c2)cc1. The Balaban J connectivity index is 1.96. The summed E-state index contributed by atoms with van der Waals surface area (Å²) in [6.45, 7) is 1.90. The number of benzene rings is 2. The second-order valence-electron chi connectivity index (χ2n) is 5.32. The highest BCUT2D eigenvalue weighted by Gasteiger charge is 2.07. The number of rotatable bonds is 5. The first-order chi connectivity index (χ1) is 11.5. The molecule has 0 aliphatic carbocycles. The number of carbonyl (C=O) groups is 2. The predicted octanol–water partition coefficient (Wildman–Crippen LogP) is 3.59. The maximum absolute atomic E-state index is 12.0. The molecule has 0 aromatic heterocycles. The zero-order chi connectivity index (χ0) is 17.5. The van der Waals surface area contributed by atoms with Crippen LogP contribution in [0, 0.1) is 0 Å². The van der Waals surface area contributed by atoms with Crippen LogP contribution in [0.5, 0.6) is 0 Å². The van der Waals surface area contributed by atoms with Gasteiger partial charge in [-0.2, -0.15) is 0 Å². The lowest BCUT2D eigenvalue weighted by molar-refractivity contribution is -0.117. The molecule has 2 amide bonds. The van der Waals surface area contributed by atoms with Crippen molar-refractivity contribution in [1.29, 1.82) is 0 Å². The molecule has 24 heavy (non-hydrogen) atoms. The number of hydrogen-bond acceptors (Lipinski definition) is 2. The lowest BCUT2D eigenvalue weighted by atomic mass is 10.1. The zero-order valence-corrected chi connectivity index (χ0v) is 14.3. The van der Waals surface area contributed by atoms with Crippen LogP contribution in [-0.2, 0) is 4.79 Å². The van der Waals surface area contributed by atoms with Gasteiger partial charge >= 0.3 is 0 Å². The van der Waals surface area contributed by atoms with Gasteiger partial charge in [-0.3, -0.25) is 9.59 Å². The summed E-state index contributed by atoms with van der Waals surface area (Å²) in [4.78, 5) is 23.5. The molecule has 2 rings (SSSR count). The molecule has 0 spiro atoms. The number of hydrogen-bond donors (Lipinski definition) is 2. The van der Waals surface area contributed by atoms with E-state index in [2.05, 4.69) is 10.6 Å². The minimum atomic E-state index is -0.196. The zero-order valence-electron chi connectivity index (χ0n) is 13.5. The van der Waals surface area contributed by atoms with Gasteiger partial charge in [0.1, 0.15) is 0 Å². The van der Waals surface area contributed by atoms with E-state index < -0.39 is 0 Å². The fraction of sp³-hybridized carbons (Fsp3) is 0.158. The Bertz CT molecular complexity index is 754. The lowest BCUT2D eigenvalue weighted by Gasteiger charge is -2.13. The van der Waals surface area contributed by atoms with Gasteiger partial charge in [-0.05, 0) is 48.4 Å². The van der Waals surface area contributed by atoms with E-state index >= 15 is 0 Å². The van der Waals surface area contributed by atoms with E-state index in [1.165, 1.54) is 6.08 Å². The van der Waals surface area contributed by atoms with Crippen molar-refractivity contribution in [3.63, 3.8) is 0 Å². The molecule has 5 heteroatoms. The summed E-state index contributed by atoms with van der Waals surface area (Å²) in [6.07, 6.45) is 3.17. The standard InChI is InChI=1S/C19H19ClN2O2/c1-13(16-4-3-5-17(20)12-16)22-18(23)11-8-14-6-9-15(10-7-14)19(24)21-2/h3-13H,1-2H3,(H,21,24)(H,22,23)/b11-8+.